The van der Waals surface area contributed by atoms with Gasteiger partial charge in [0.05, 0.1) is 5.92 Å². The number of carbonyl (C=O) groups excluding carboxylic acids is 1. The third-order valence-electron chi connectivity index (χ3n) is 5.77. The van der Waals surface area contributed by atoms with Crippen LogP contribution in [0.2, 0.25) is 0 Å². The summed E-state index contributed by atoms with van der Waals surface area (Å²) in [5.41, 5.74) is 0. The highest BCUT2D eigenvalue weighted by Gasteiger charge is 2.49. The minimum atomic E-state index is -3.68. The Bertz CT molecular complexity index is 803. The van der Waals surface area contributed by atoms with Crippen LogP contribution in [0.3, 0.4) is 0 Å². The van der Waals surface area contributed by atoms with E-state index in [1.807, 2.05) is 0 Å². The fraction of sp³-hybridized carbons (Fsp3) is 0.647. The summed E-state index contributed by atoms with van der Waals surface area (Å²) in [6.45, 7) is 0.960. The molecule has 7 nitrogen and oxygen atoms in total. The smallest absolute Gasteiger partial charge is 0.308 e. The molecule has 0 aromatic carbocycles. The Hall–Kier alpha value is -1.45. The van der Waals surface area contributed by atoms with Crippen molar-refractivity contribution in [1.82, 2.24) is 9.21 Å². The lowest BCUT2D eigenvalue weighted by molar-refractivity contribution is -0.143. The molecule has 0 bridgehead atoms. The van der Waals surface area contributed by atoms with E-state index in [9.17, 15) is 23.1 Å². The highest BCUT2D eigenvalue weighted by molar-refractivity contribution is 7.91. The predicted molar refractivity (Wildman–Crippen MR) is 95.2 cm³/mol. The van der Waals surface area contributed by atoms with Crippen molar-refractivity contribution in [2.45, 2.75) is 35.9 Å². The first-order valence-electron chi connectivity index (χ1n) is 8.96. The minimum Gasteiger partial charge on any atom is -0.481 e. The molecule has 9 heteroatoms. The summed E-state index contributed by atoms with van der Waals surface area (Å²) in [6, 6.07) is 2.52. The summed E-state index contributed by atoms with van der Waals surface area (Å²) in [5.74, 6) is -1.23. The molecular formula is C17H22N2O5S2. The van der Waals surface area contributed by atoms with Crippen LogP contribution in [0.5, 0.6) is 0 Å². The molecule has 0 radical (unpaired) electrons. The third-order valence-corrected chi connectivity index (χ3v) is 9.05. The van der Waals surface area contributed by atoms with Crippen LogP contribution in [0.25, 0.3) is 0 Å². The lowest BCUT2D eigenvalue weighted by atomic mass is 9.92. The fourth-order valence-electron chi connectivity index (χ4n) is 4.28. The lowest BCUT2D eigenvalue weighted by Crippen LogP contribution is -2.47. The first kappa shape index (κ1) is 17.9. The van der Waals surface area contributed by atoms with Gasteiger partial charge in [0.25, 0.3) is 10.0 Å². The van der Waals surface area contributed by atoms with Crippen molar-refractivity contribution in [2.75, 3.05) is 19.6 Å². The molecule has 3 atom stereocenters. The molecule has 3 aliphatic rings. The average molecular weight is 399 g/mol. The highest BCUT2D eigenvalue weighted by Crippen LogP contribution is 2.44. The molecule has 1 aromatic rings. The number of nitrogens with zero attached hydrogens (tertiary/aromatic N) is 2. The second-order valence-corrected chi connectivity index (χ2v) is 10.5. The van der Waals surface area contributed by atoms with Gasteiger partial charge < -0.3 is 10.0 Å². The van der Waals surface area contributed by atoms with Gasteiger partial charge in [-0.25, -0.2) is 8.42 Å². The summed E-state index contributed by atoms with van der Waals surface area (Å²) in [7, 11) is -3.68. The van der Waals surface area contributed by atoms with Crippen LogP contribution in [0, 0.1) is 17.8 Å². The van der Waals surface area contributed by atoms with Gasteiger partial charge in [-0.2, -0.15) is 4.31 Å². The SMILES string of the molecule is O=C(O)[C@H]1CN(C(=O)C2CCCN2S(=O)(=O)c2cccs2)C[C@@H]1C1CC1. The van der Waals surface area contributed by atoms with E-state index in [0.29, 0.717) is 31.8 Å². The van der Waals surface area contributed by atoms with Crippen LogP contribution < -0.4 is 0 Å². The Balaban J connectivity index is 1.53. The van der Waals surface area contributed by atoms with Crippen molar-refractivity contribution in [1.29, 1.82) is 0 Å². The average Bonchev–Trinajstić information content (AvgIpc) is 3.08. The first-order chi connectivity index (χ1) is 12.4. The van der Waals surface area contributed by atoms with E-state index in [4.69, 9.17) is 0 Å². The molecule has 2 aliphatic heterocycles. The molecule has 1 saturated carbocycles. The van der Waals surface area contributed by atoms with E-state index in [1.54, 1.807) is 22.4 Å². The maximum absolute atomic E-state index is 13.1. The van der Waals surface area contributed by atoms with E-state index in [-0.39, 0.29) is 22.6 Å². The van der Waals surface area contributed by atoms with Gasteiger partial charge in [-0.05, 0) is 49.0 Å². The number of hydrogen-bond donors (Lipinski definition) is 1. The normalized spacial score (nSPS) is 30.0. The number of hydrogen-bond acceptors (Lipinski definition) is 5. The Morgan fingerprint density at radius 1 is 1.19 bits per heavy atom. The quantitative estimate of drug-likeness (QED) is 0.810. The Labute approximate surface area is 156 Å². The van der Waals surface area contributed by atoms with E-state index in [0.717, 1.165) is 24.2 Å². The maximum atomic E-state index is 13.1. The van der Waals surface area contributed by atoms with Crippen molar-refractivity contribution < 1.29 is 23.1 Å². The monoisotopic (exact) mass is 398 g/mol. The van der Waals surface area contributed by atoms with Crippen LogP contribution in [0.15, 0.2) is 21.7 Å². The van der Waals surface area contributed by atoms with Gasteiger partial charge in [0.2, 0.25) is 5.91 Å². The van der Waals surface area contributed by atoms with Gasteiger partial charge in [-0.3, -0.25) is 9.59 Å². The zero-order valence-corrected chi connectivity index (χ0v) is 15.9. The molecule has 4 rings (SSSR count). The van der Waals surface area contributed by atoms with E-state index < -0.39 is 28.0 Å². The molecule has 26 heavy (non-hydrogen) atoms. The van der Waals surface area contributed by atoms with Crippen LogP contribution in [0.1, 0.15) is 25.7 Å². The minimum absolute atomic E-state index is 0.000191. The van der Waals surface area contributed by atoms with Crippen LogP contribution in [-0.4, -0.2) is 60.3 Å². The van der Waals surface area contributed by atoms with E-state index in [2.05, 4.69) is 0 Å². The number of amides is 1. The number of rotatable bonds is 5. The van der Waals surface area contributed by atoms with Crippen LogP contribution >= 0.6 is 11.3 Å². The summed E-state index contributed by atoms with van der Waals surface area (Å²) in [5, 5.41) is 11.2. The van der Waals surface area contributed by atoms with Crippen molar-refractivity contribution >= 4 is 33.2 Å². The van der Waals surface area contributed by atoms with Crippen LogP contribution in [0.4, 0.5) is 0 Å². The molecule has 142 valence electrons. The predicted octanol–water partition coefficient (Wildman–Crippen LogP) is 1.47. The zero-order chi connectivity index (χ0) is 18.5. The molecule has 1 aliphatic carbocycles. The van der Waals surface area contributed by atoms with Crippen molar-refractivity contribution in [3.05, 3.63) is 17.5 Å². The second-order valence-electron chi connectivity index (χ2n) is 7.40. The number of carboxylic acid groups (broad SMARTS) is 1. The van der Waals surface area contributed by atoms with Gasteiger partial charge in [0, 0.05) is 19.6 Å². The van der Waals surface area contributed by atoms with Gasteiger partial charge >= 0.3 is 5.97 Å². The number of likely N-dealkylation sites (tertiary alicyclic amines) is 1. The molecule has 1 aromatic heterocycles. The number of aliphatic carboxylic acids is 1. The van der Waals surface area contributed by atoms with Crippen LogP contribution in [-0.2, 0) is 19.6 Å². The summed E-state index contributed by atoms with van der Waals surface area (Å²) >= 11 is 1.15. The molecule has 3 heterocycles. The number of thiophene rings is 1. The van der Waals surface area contributed by atoms with E-state index in [1.165, 1.54) is 4.31 Å². The maximum Gasteiger partial charge on any atom is 0.308 e. The number of carbonyl (C=O) groups is 2. The highest BCUT2D eigenvalue weighted by atomic mass is 32.2. The summed E-state index contributed by atoms with van der Waals surface area (Å²) in [4.78, 5) is 26.2. The molecular weight excluding hydrogens is 376 g/mol. The number of sulfonamides is 1. The van der Waals surface area contributed by atoms with Gasteiger partial charge in [-0.1, -0.05) is 6.07 Å². The van der Waals surface area contributed by atoms with Crippen molar-refractivity contribution in [3.63, 3.8) is 0 Å². The topological polar surface area (TPSA) is 95.0 Å². The fourth-order valence-corrected chi connectivity index (χ4v) is 7.05. The second kappa shape index (κ2) is 6.61. The van der Waals surface area contributed by atoms with E-state index >= 15 is 0 Å². The first-order valence-corrected chi connectivity index (χ1v) is 11.3. The molecule has 1 N–H and O–H groups in total. The molecule has 3 fully saturated rings. The lowest BCUT2D eigenvalue weighted by Gasteiger charge is -2.27. The van der Waals surface area contributed by atoms with Gasteiger partial charge in [0.1, 0.15) is 10.3 Å². The van der Waals surface area contributed by atoms with Crippen molar-refractivity contribution in [2.24, 2.45) is 17.8 Å². The Morgan fingerprint density at radius 3 is 2.58 bits per heavy atom. The largest absolute Gasteiger partial charge is 0.481 e. The Morgan fingerprint density at radius 2 is 1.96 bits per heavy atom. The molecule has 1 amide bonds. The Kier molecular flexibility index (Phi) is 4.56. The van der Waals surface area contributed by atoms with Gasteiger partial charge in [-0.15, -0.1) is 11.3 Å². The number of carboxylic acids is 1. The summed E-state index contributed by atoms with van der Waals surface area (Å²) < 4.78 is 27.3. The molecule has 1 unspecified atom stereocenters. The summed E-state index contributed by atoms with van der Waals surface area (Å²) in [6.07, 6.45) is 3.19. The molecule has 0 spiro atoms. The molecule has 2 saturated heterocycles. The van der Waals surface area contributed by atoms with Gasteiger partial charge in [0.15, 0.2) is 0 Å². The van der Waals surface area contributed by atoms with Crippen molar-refractivity contribution in [3.8, 4) is 0 Å². The third kappa shape index (κ3) is 3.05. The zero-order valence-electron chi connectivity index (χ0n) is 14.3. The standard InChI is InChI=1S/C17H22N2O5S2/c20-16(18-9-12(11-5-6-11)13(10-18)17(21)22)14-3-1-7-19(14)26(23,24)15-4-2-8-25-15/h2,4,8,11-14H,1,3,5-7,9-10H2,(H,21,22)/t12-,13+,14?/m1/s1.